The lowest BCUT2D eigenvalue weighted by Gasteiger charge is -2.16. The molecule has 0 radical (unpaired) electrons. The molecule has 0 aliphatic carbocycles. The maximum absolute atomic E-state index is 14.2. The summed E-state index contributed by atoms with van der Waals surface area (Å²) in [5.41, 5.74) is 0.865. The number of rotatable bonds is 6. The molecule has 2 heterocycles. The van der Waals surface area contributed by atoms with Crippen molar-refractivity contribution in [3.63, 3.8) is 0 Å². The summed E-state index contributed by atoms with van der Waals surface area (Å²) in [6.45, 7) is 2.83. The summed E-state index contributed by atoms with van der Waals surface area (Å²) in [7, 11) is 0. The van der Waals surface area contributed by atoms with Crippen LogP contribution >= 0.6 is 0 Å². The monoisotopic (exact) mass is 473 g/mol. The van der Waals surface area contributed by atoms with E-state index < -0.39 is 29.2 Å². The van der Waals surface area contributed by atoms with Crippen molar-refractivity contribution in [3.8, 4) is 11.6 Å². The highest BCUT2D eigenvalue weighted by Gasteiger charge is 2.33. The first kappa shape index (κ1) is 23.2. The normalized spacial score (nSPS) is 13.1. The van der Waals surface area contributed by atoms with Crippen LogP contribution in [0, 0.1) is 5.82 Å². The number of fused-ring (bicyclic) bond motifs is 1. The van der Waals surface area contributed by atoms with Crippen molar-refractivity contribution in [2.45, 2.75) is 26.2 Å². The number of carbonyl (C=O) groups excluding carboxylic acids is 2. The minimum atomic E-state index is -4.69. The lowest BCUT2D eigenvalue weighted by molar-refractivity contribution is -0.137. The molecule has 0 bridgehead atoms. The molecule has 2 aromatic carbocycles. The first-order valence-corrected chi connectivity index (χ1v) is 10.4. The van der Waals surface area contributed by atoms with Gasteiger partial charge >= 0.3 is 6.18 Å². The second kappa shape index (κ2) is 9.12. The number of aromatic nitrogens is 1. The van der Waals surface area contributed by atoms with Crippen molar-refractivity contribution in [2.75, 3.05) is 6.54 Å². The van der Waals surface area contributed by atoms with Crippen LogP contribution in [0.5, 0.6) is 11.6 Å². The highest BCUT2D eigenvalue weighted by Crippen LogP contribution is 2.36. The minimum absolute atomic E-state index is 0.126. The van der Waals surface area contributed by atoms with Crippen LogP contribution in [0.3, 0.4) is 0 Å². The van der Waals surface area contributed by atoms with E-state index in [0.29, 0.717) is 29.8 Å². The summed E-state index contributed by atoms with van der Waals surface area (Å²) in [6.07, 6.45) is -3.31. The zero-order valence-corrected chi connectivity index (χ0v) is 17.9. The van der Waals surface area contributed by atoms with E-state index in [2.05, 4.69) is 10.3 Å². The van der Waals surface area contributed by atoms with Gasteiger partial charge in [-0.2, -0.15) is 13.2 Å². The molecule has 3 aromatic rings. The van der Waals surface area contributed by atoms with Gasteiger partial charge < -0.3 is 15.0 Å². The zero-order valence-electron chi connectivity index (χ0n) is 17.9. The van der Waals surface area contributed by atoms with E-state index in [1.54, 1.807) is 30.3 Å². The molecule has 1 aliphatic heterocycles. The molecule has 176 valence electrons. The number of pyridine rings is 1. The molecule has 2 amide bonds. The Hall–Kier alpha value is -3.95. The summed E-state index contributed by atoms with van der Waals surface area (Å²) in [5.74, 6) is -2.47. The van der Waals surface area contributed by atoms with E-state index in [9.17, 15) is 27.2 Å². The quantitative estimate of drug-likeness (QED) is 0.515. The number of carbonyl (C=O) groups is 2. The maximum atomic E-state index is 14.2. The topological polar surface area (TPSA) is 71.5 Å². The molecule has 0 fully saturated rings. The van der Waals surface area contributed by atoms with Gasteiger partial charge in [-0.15, -0.1) is 0 Å². The molecule has 0 saturated carbocycles. The Labute approximate surface area is 192 Å². The van der Waals surface area contributed by atoms with Crippen molar-refractivity contribution >= 4 is 11.8 Å². The molecule has 10 heteroatoms. The highest BCUT2D eigenvalue weighted by molar-refractivity contribution is 6.00. The SMILES string of the molecule is CCNC(=O)c1ccc(CN2Cc3ccnc(Oc4ccc(C(F)(F)F)cc4F)c3C2=O)cc1. The van der Waals surface area contributed by atoms with Gasteiger partial charge in [-0.1, -0.05) is 12.1 Å². The third-order valence-electron chi connectivity index (χ3n) is 5.26. The molecular formula is C24H19F4N3O3. The lowest BCUT2D eigenvalue weighted by Crippen LogP contribution is -2.24. The molecule has 4 rings (SSSR count). The van der Waals surface area contributed by atoms with Crippen LogP contribution in [0.25, 0.3) is 0 Å². The largest absolute Gasteiger partial charge is 0.435 e. The second-order valence-electron chi connectivity index (χ2n) is 7.61. The third-order valence-corrected chi connectivity index (χ3v) is 5.26. The van der Waals surface area contributed by atoms with Gasteiger partial charge in [0, 0.05) is 31.4 Å². The Morgan fingerprint density at radius 1 is 1.15 bits per heavy atom. The molecule has 0 atom stereocenters. The number of amides is 2. The molecule has 0 saturated heterocycles. The van der Waals surface area contributed by atoms with E-state index in [4.69, 9.17) is 4.74 Å². The summed E-state index contributed by atoms with van der Waals surface area (Å²) < 4.78 is 58.0. The van der Waals surface area contributed by atoms with Gasteiger partial charge in [-0.25, -0.2) is 9.37 Å². The summed E-state index contributed by atoms with van der Waals surface area (Å²) in [5, 5.41) is 2.71. The highest BCUT2D eigenvalue weighted by atomic mass is 19.4. The fourth-order valence-electron chi connectivity index (χ4n) is 3.59. The van der Waals surface area contributed by atoms with E-state index in [0.717, 1.165) is 11.6 Å². The molecule has 1 aromatic heterocycles. The molecule has 1 N–H and O–H groups in total. The van der Waals surface area contributed by atoms with Crippen LogP contribution in [-0.2, 0) is 19.3 Å². The van der Waals surface area contributed by atoms with Gasteiger partial charge in [-0.3, -0.25) is 9.59 Å². The summed E-state index contributed by atoms with van der Waals surface area (Å²) in [4.78, 5) is 30.5. The van der Waals surface area contributed by atoms with Gasteiger partial charge in [0.05, 0.1) is 5.56 Å². The van der Waals surface area contributed by atoms with Crippen LogP contribution < -0.4 is 10.1 Å². The fourth-order valence-corrected chi connectivity index (χ4v) is 3.59. The smallest absolute Gasteiger partial charge is 0.416 e. The number of nitrogens with one attached hydrogen (secondary N) is 1. The summed E-state index contributed by atoms with van der Waals surface area (Å²) >= 11 is 0. The number of halogens is 4. The fraction of sp³-hybridized carbons (Fsp3) is 0.208. The predicted octanol–water partition coefficient (Wildman–Crippen LogP) is 4.94. The van der Waals surface area contributed by atoms with Crippen molar-refractivity contribution in [1.29, 1.82) is 0 Å². The molecule has 6 nitrogen and oxygen atoms in total. The number of hydrogen-bond donors (Lipinski definition) is 1. The van der Waals surface area contributed by atoms with Crippen LogP contribution in [-0.4, -0.2) is 28.2 Å². The predicted molar refractivity (Wildman–Crippen MR) is 114 cm³/mol. The molecular weight excluding hydrogens is 454 g/mol. The Morgan fingerprint density at radius 2 is 1.88 bits per heavy atom. The standard InChI is InChI=1S/C24H19F4N3O3/c1-2-29-21(32)15-5-3-14(4-6-15)12-31-13-16-9-10-30-22(20(16)23(31)33)34-19-8-7-17(11-18(19)25)24(26,27)28/h3-11H,2,12-13H2,1H3,(H,29,32). The first-order chi connectivity index (χ1) is 16.2. The van der Waals surface area contributed by atoms with Crippen molar-refractivity contribution in [3.05, 3.63) is 88.4 Å². The van der Waals surface area contributed by atoms with Crippen molar-refractivity contribution < 1.29 is 31.9 Å². The lowest BCUT2D eigenvalue weighted by atomic mass is 10.1. The van der Waals surface area contributed by atoms with Crippen LogP contribution in [0.2, 0.25) is 0 Å². The van der Waals surface area contributed by atoms with Gasteiger partial charge in [-0.05, 0) is 54.4 Å². The van der Waals surface area contributed by atoms with Gasteiger partial charge in [0.1, 0.15) is 5.56 Å². The Bertz CT molecular complexity index is 1240. The molecule has 34 heavy (non-hydrogen) atoms. The van der Waals surface area contributed by atoms with Crippen LogP contribution in [0.1, 0.15) is 44.3 Å². The first-order valence-electron chi connectivity index (χ1n) is 10.4. The van der Waals surface area contributed by atoms with Crippen LogP contribution in [0.4, 0.5) is 17.6 Å². The second-order valence-corrected chi connectivity index (χ2v) is 7.61. The van der Waals surface area contributed by atoms with E-state index in [-0.39, 0.29) is 30.4 Å². The van der Waals surface area contributed by atoms with E-state index in [1.165, 1.54) is 11.1 Å². The zero-order chi connectivity index (χ0) is 24.5. The number of benzene rings is 2. The average Bonchev–Trinajstić information content (AvgIpc) is 3.11. The van der Waals surface area contributed by atoms with Gasteiger partial charge in [0.15, 0.2) is 11.6 Å². The van der Waals surface area contributed by atoms with E-state index >= 15 is 0 Å². The minimum Gasteiger partial charge on any atom is -0.435 e. The van der Waals surface area contributed by atoms with Crippen LogP contribution in [0.15, 0.2) is 54.7 Å². The molecule has 0 unspecified atom stereocenters. The van der Waals surface area contributed by atoms with Gasteiger partial charge in [0.2, 0.25) is 5.88 Å². The Morgan fingerprint density at radius 3 is 2.53 bits per heavy atom. The molecule has 1 aliphatic rings. The Kier molecular flexibility index (Phi) is 6.23. The van der Waals surface area contributed by atoms with Crippen molar-refractivity contribution in [1.82, 2.24) is 15.2 Å². The Balaban J connectivity index is 1.52. The number of ether oxygens (including phenoxy) is 1. The molecule has 0 spiro atoms. The summed E-state index contributed by atoms with van der Waals surface area (Å²) in [6, 6.07) is 10.3. The third kappa shape index (κ3) is 4.70. The van der Waals surface area contributed by atoms with Crippen molar-refractivity contribution in [2.24, 2.45) is 0 Å². The maximum Gasteiger partial charge on any atom is 0.416 e. The van der Waals surface area contributed by atoms with E-state index in [1.807, 2.05) is 6.92 Å². The number of nitrogens with zero attached hydrogens (tertiary/aromatic N) is 2. The number of hydrogen-bond acceptors (Lipinski definition) is 4. The van der Waals surface area contributed by atoms with Gasteiger partial charge in [0.25, 0.3) is 11.8 Å². The number of alkyl halides is 3. The average molecular weight is 473 g/mol.